The Morgan fingerprint density at radius 2 is 2.11 bits per heavy atom. The molecule has 10 nitrogen and oxygen atoms in total. The summed E-state index contributed by atoms with van der Waals surface area (Å²) in [5, 5.41) is 9.06. The van der Waals surface area contributed by atoms with Crippen molar-refractivity contribution in [3.63, 3.8) is 0 Å². The first kappa shape index (κ1) is 13.0. The standard InChI is InChI=1S/C7H11N3O7S/c11-6(8-13)5-2-1-4-3-9(5)7(12)10(4)17-18(14,15)16/h4-5,13H,1-3H2,(H,8,11)(H,14,15,16). The highest BCUT2D eigenvalue weighted by atomic mass is 32.3. The van der Waals surface area contributed by atoms with Crippen molar-refractivity contribution in [1.29, 1.82) is 0 Å². The van der Waals surface area contributed by atoms with E-state index in [1.807, 2.05) is 0 Å². The van der Waals surface area contributed by atoms with E-state index in [-0.39, 0.29) is 13.0 Å². The molecule has 3 N–H and O–H groups in total. The molecule has 102 valence electrons. The minimum Gasteiger partial charge on any atom is -0.309 e. The molecule has 2 rings (SSSR count). The number of hydroxylamine groups is 3. The van der Waals surface area contributed by atoms with Gasteiger partial charge in [0.05, 0.1) is 6.04 Å². The van der Waals surface area contributed by atoms with Crippen molar-refractivity contribution in [2.24, 2.45) is 0 Å². The number of amides is 3. The number of fused-ring (bicyclic) bond motifs is 2. The van der Waals surface area contributed by atoms with E-state index in [4.69, 9.17) is 9.76 Å². The van der Waals surface area contributed by atoms with Gasteiger partial charge in [0.25, 0.3) is 5.91 Å². The van der Waals surface area contributed by atoms with Gasteiger partial charge in [0.1, 0.15) is 6.04 Å². The number of hydrogen-bond donors (Lipinski definition) is 3. The predicted octanol–water partition coefficient (Wildman–Crippen LogP) is -1.51. The van der Waals surface area contributed by atoms with Crippen LogP contribution in [0.4, 0.5) is 4.79 Å². The molecule has 2 aliphatic heterocycles. The fourth-order valence-corrected chi connectivity index (χ4v) is 2.57. The van der Waals surface area contributed by atoms with Crippen LogP contribution in [0.15, 0.2) is 0 Å². The molecular weight excluding hydrogens is 270 g/mol. The Morgan fingerprint density at radius 3 is 2.67 bits per heavy atom. The zero-order valence-electron chi connectivity index (χ0n) is 9.01. The molecule has 2 aliphatic rings. The van der Waals surface area contributed by atoms with Gasteiger partial charge in [0.2, 0.25) is 0 Å². The number of piperidine rings is 1. The molecule has 2 atom stereocenters. The fourth-order valence-electron chi connectivity index (χ4n) is 2.18. The second kappa shape index (κ2) is 4.35. The zero-order chi connectivity index (χ0) is 13.5. The summed E-state index contributed by atoms with van der Waals surface area (Å²) in [4.78, 5) is 24.2. The van der Waals surface area contributed by atoms with Gasteiger partial charge in [0, 0.05) is 6.54 Å². The van der Waals surface area contributed by atoms with Crippen molar-refractivity contribution in [3.05, 3.63) is 0 Å². The highest BCUT2D eigenvalue weighted by Crippen LogP contribution is 2.30. The average Bonchev–Trinajstić information content (AvgIpc) is 2.52. The molecule has 0 spiro atoms. The van der Waals surface area contributed by atoms with Crippen LogP contribution in [0, 0.1) is 0 Å². The molecule has 2 unspecified atom stereocenters. The number of rotatable bonds is 3. The van der Waals surface area contributed by atoms with Crippen LogP contribution in [-0.2, 0) is 19.5 Å². The molecule has 2 bridgehead atoms. The maximum absolute atomic E-state index is 11.8. The van der Waals surface area contributed by atoms with Crippen LogP contribution in [0.2, 0.25) is 0 Å². The molecule has 0 aromatic heterocycles. The second-order valence-corrected chi connectivity index (χ2v) is 4.99. The smallest absolute Gasteiger partial charge is 0.309 e. The monoisotopic (exact) mass is 281 g/mol. The van der Waals surface area contributed by atoms with Crippen LogP contribution in [-0.4, -0.2) is 58.7 Å². The Balaban J connectivity index is 2.17. The Bertz CT molecular complexity index is 477. The van der Waals surface area contributed by atoms with Crippen LogP contribution < -0.4 is 5.48 Å². The van der Waals surface area contributed by atoms with Gasteiger partial charge >= 0.3 is 16.4 Å². The molecule has 0 aliphatic carbocycles. The minimum atomic E-state index is -4.79. The first-order valence-corrected chi connectivity index (χ1v) is 6.41. The second-order valence-electron chi connectivity index (χ2n) is 3.99. The van der Waals surface area contributed by atoms with E-state index in [0.717, 1.165) is 4.90 Å². The van der Waals surface area contributed by atoms with E-state index >= 15 is 0 Å². The Hall–Kier alpha value is -1.43. The van der Waals surface area contributed by atoms with E-state index in [0.29, 0.717) is 11.5 Å². The molecule has 11 heteroatoms. The van der Waals surface area contributed by atoms with Gasteiger partial charge in [-0.15, -0.1) is 4.28 Å². The summed E-state index contributed by atoms with van der Waals surface area (Å²) >= 11 is 0. The molecule has 0 aromatic carbocycles. The number of carbonyl (C=O) groups is 2. The van der Waals surface area contributed by atoms with E-state index < -0.39 is 34.4 Å². The van der Waals surface area contributed by atoms with Crippen molar-refractivity contribution in [2.45, 2.75) is 24.9 Å². The van der Waals surface area contributed by atoms with Gasteiger partial charge in [-0.3, -0.25) is 14.6 Å². The number of nitrogens with zero attached hydrogens (tertiary/aromatic N) is 2. The van der Waals surface area contributed by atoms with Gasteiger partial charge < -0.3 is 4.90 Å². The number of carbonyl (C=O) groups excluding carboxylic acids is 2. The molecular formula is C7H11N3O7S. The first-order chi connectivity index (χ1) is 8.33. The number of nitrogens with one attached hydrogen (secondary N) is 1. The maximum atomic E-state index is 11.8. The van der Waals surface area contributed by atoms with Crippen molar-refractivity contribution >= 4 is 22.3 Å². The lowest BCUT2D eigenvalue weighted by Crippen LogP contribution is -2.49. The van der Waals surface area contributed by atoms with Gasteiger partial charge in [-0.2, -0.15) is 13.5 Å². The van der Waals surface area contributed by atoms with Crippen LogP contribution in [0.3, 0.4) is 0 Å². The van der Waals surface area contributed by atoms with Crippen molar-refractivity contribution in [3.8, 4) is 0 Å². The first-order valence-electron chi connectivity index (χ1n) is 5.04. The summed E-state index contributed by atoms with van der Waals surface area (Å²) in [5.41, 5.74) is 1.44. The zero-order valence-corrected chi connectivity index (χ0v) is 9.83. The lowest BCUT2D eigenvalue weighted by molar-refractivity contribution is -0.134. The molecule has 2 fully saturated rings. The summed E-state index contributed by atoms with van der Waals surface area (Å²) < 4.78 is 33.9. The van der Waals surface area contributed by atoms with Gasteiger partial charge in [-0.25, -0.2) is 10.3 Å². The molecule has 2 saturated heterocycles. The summed E-state index contributed by atoms with van der Waals surface area (Å²) in [6.45, 7) is 0.0897. The predicted molar refractivity (Wildman–Crippen MR) is 53.3 cm³/mol. The lowest BCUT2D eigenvalue weighted by Gasteiger charge is -2.28. The fraction of sp³-hybridized carbons (Fsp3) is 0.714. The van der Waals surface area contributed by atoms with Gasteiger partial charge in [-0.1, -0.05) is 0 Å². The quantitative estimate of drug-likeness (QED) is 0.325. The van der Waals surface area contributed by atoms with Crippen LogP contribution in [0.5, 0.6) is 0 Å². The highest BCUT2D eigenvalue weighted by Gasteiger charge is 2.49. The molecule has 0 radical (unpaired) electrons. The summed E-state index contributed by atoms with van der Waals surface area (Å²) in [5.74, 6) is -0.754. The van der Waals surface area contributed by atoms with Gasteiger partial charge in [-0.05, 0) is 12.8 Å². The van der Waals surface area contributed by atoms with Crippen molar-refractivity contribution in [2.75, 3.05) is 6.54 Å². The molecule has 3 amide bonds. The number of urea groups is 1. The van der Waals surface area contributed by atoms with Crippen LogP contribution in [0.25, 0.3) is 0 Å². The lowest BCUT2D eigenvalue weighted by atomic mass is 10.0. The van der Waals surface area contributed by atoms with Crippen LogP contribution >= 0.6 is 0 Å². The highest BCUT2D eigenvalue weighted by molar-refractivity contribution is 7.80. The molecule has 2 heterocycles. The van der Waals surface area contributed by atoms with E-state index in [9.17, 15) is 18.0 Å². The van der Waals surface area contributed by atoms with Crippen molar-refractivity contribution < 1.29 is 32.1 Å². The average molecular weight is 281 g/mol. The SMILES string of the molecule is O=C(NO)C1CCC2CN1C(=O)N2OS(=O)(=O)O. The third-order valence-corrected chi connectivity index (χ3v) is 3.26. The molecule has 0 saturated carbocycles. The Labute approximate surface area is 102 Å². The van der Waals surface area contributed by atoms with E-state index in [1.54, 1.807) is 0 Å². The Kier molecular flexibility index (Phi) is 3.14. The summed E-state index contributed by atoms with van der Waals surface area (Å²) in [7, 11) is -4.79. The number of hydrogen-bond acceptors (Lipinski definition) is 6. The topological polar surface area (TPSA) is 136 Å². The van der Waals surface area contributed by atoms with Gasteiger partial charge in [0.15, 0.2) is 0 Å². The third-order valence-electron chi connectivity index (χ3n) is 2.91. The van der Waals surface area contributed by atoms with Crippen molar-refractivity contribution in [1.82, 2.24) is 15.4 Å². The maximum Gasteiger partial charge on any atom is 0.418 e. The summed E-state index contributed by atoms with van der Waals surface area (Å²) in [6.07, 6.45) is 0.573. The van der Waals surface area contributed by atoms with E-state index in [2.05, 4.69) is 4.28 Å². The largest absolute Gasteiger partial charge is 0.418 e. The van der Waals surface area contributed by atoms with E-state index in [1.165, 1.54) is 5.48 Å². The third kappa shape index (κ3) is 2.25. The minimum absolute atomic E-state index is 0.0897. The summed E-state index contributed by atoms with van der Waals surface area (Å²) in [6, 6.07) is -2.28. The molecule has 18 heavy (non-hydrogen) atoms. The Morgan fingerprint density at radius 1 is 1.44 bits per heavy atom. The normalized spacial score (nSPS) is 27.6. The molecule has 0 aromatic rings. The van der Waals surface area contributed by atoms with Crippen LogP contribution in [0.1, 0.15) is 12.8 Å².